The summed E-state index contributed by atoms with van der Waals surface area (Å²) in [6, 6.07) is 2.33. The molecule has 0 atom stereocenters. The fraction of sp³-hybridized carbons (Fsp3) is 0.182. The van der Waals surface area contributed by atoms with Gasteiger partial charge < -0.3 is 0 Å². The Bertz CT molecular complexity index is 683. The molecule has 0 unspecified atom stereocenters. The van der Waals surface area contributed by atoms with Crippen molar-refractivity contribution in [3.63, 3.8) is 0 Å². The van der Waals surface area contributed by atoms with E-state index in [0.29, 0.717) is 16.8 Å². The molecule has 4 nitrogen and oxygen atoms in total. The molecule has 0 aliphatic carbocycles. The lowest BCUT2D eigenvalue weighted by Gasteiger charge is -2.12. The summed E-state index contributed by atoms with van der Waals surface area (Å²) in [6.07, 6.45) is -6.86. The minimum absolute atomic E-state index is 0.361. The van der Waals surface area contributed by atoms with Crippen molar-refractivity contribution in [2.45, 2.75) is 12.6 Å². The third-order valence-corrected chi connectivity index (χ3v) is 2.64. The van der Waals surface area contributed by atoms with E-state index in [-0.39, 0.29) is 0 Å². The van der Waals surface area contributed by atoms with Crippen LogP contribution < -0.4 is 0 Å². The van der Waals surface area contributed by atoms with Crippen molar-refractivity contribution in [2.24, 2.45) is 0 Å². The molecule has 21 heavy (non-hydrogen) atoms. The van der Waals surface area contributed by atoms with Gasteiger partial charge in [0.2, 0.25) is 0 Å². The Labute approximate surface area is 119 Å². The number of rotatable bonds is 3. The van der Waals surface area contributed by atoms with E-state index in [1.54, 1.807) is 0 Å². The highest BCUT2D eigenvalue weighted by Crippen LogP contribution is 2.33. The Morgan fingerprint density at radius 3 is 2.52 bits per heavy atom. The second kappa shape index (κ2) is 5.40. The van der Waals surface area contributed by atoms with Gasteiger partial charge in [-0.3, -0.25) is 4.79 Å². The molecule has 0 radical (unpaired) electrons. The first kappa shape index (κ1) is 15.4. The summed E-state index contributed by atoms with van der Waals surface area (Å²) < 4.78 is 64.2. The van der Waals surface area contributed by atoms with Crippen molar-refractivity contribution < 1.29 is 26.7 Å². The van der Waals surface area contributed by atoms with Crippen molar-refractivity contribution in [1.29, 1.82) is 0 Å². The van der Waals surface area contributed by atoms with Crippen molar-refractivity contribution in [3.05, 3.63) is 41.3 Å². The Morgan fingerprint density at radius 2 is 2.00 bits per heavy atom. The van der Waals surface area contributed by atoms with Crippen molar-refractivity contribution in [1.82, 2.24) is 14.8 Å². The largest absolute Gasteiger partial charge is 0.420 e. The van der Waals surface area contributed by atoms with Crippen LogP contribution in [0.5, 0.6) is 0 Å². The number of hydrogen-bond acceptors (Lipinski definition) is 3. The number of pyridine rings is 1. The van der Waals surface area contributed by atoms with Gasteiger partial charge in [0, 0.05) is 6.20 Å². The summed E-state index contributed by atoms with van der Waals surface area (Å²) in [5.74, 6) is -0.805. The zero-order chi connectivity index (χ0) is 15.8. The van der Waals surface area contributed by atoms with E-state index in [0.717, 1.165) is 12.3 Å². The molecule has 2 rings (SSSR count). The molecule has 0 fully saturated rings. The van der Waals surface area contributed by atoms with Gasteiger partial charge in [-0.05, 0) is 29.8 Å². The number of carbonyl (C=O) groups excluding carboxylic acids is 1. The van der Waals surface area contributed by atoms with Gasteiger partial charge in [0.15, 0.2) is 5.82 Å². The maximum absolute atomic E-state index is 12.9. The van der Waals surface area contributed by atoms with E-state index in [9.17, 15) is 26.7 Å². The Morgan fingerprint density at radius 1 is 1.33 bits per heavy atom. The van der Waals surface area contributed by atoms with Crippen molar-refractivity contribution >= 4 is 16.8 Å². The molecule has 0 saturated heterocycles. The molecule has 0 amide bonds. The number of alkyl halides is 5. The van der Waals surface area contributed by atoms with Crippen LogP contribution in [-0.2, 0) is 6.18 Å². The highest BCUT2D eigenvalue weighted by atomic mass is 35.5. The van der Waals surface area contributed by atoms with Gasteiger partial charge in [-0.15, -0.1) is 0 Å². The van der Waals surface area contributed by atoms with Gasteiger partial charge in [-0.1, -0.05) is 0 Å². The predicted molar refractivity (Wildman–Crippen MR) is 61.5 cm³/mol. The number of nitrogens with zero attached hydrogens (tertiary/aromatic N) is 3. The minimum Gasteiger partial charge on any atom is -0.274 e. The molecule has 2 aromatic heterocycles. The molecule has 2 heterocycles. The number of aromatic nitrogens is 3. The summed E-state index contributed by atoms with van der Waals surface area (Å²) >= 11 is 5.19. The smallest absolute Gasteiger partial charge is 0.274 e. The molecular formula is C11H5ClF5N3O. The van der Waals surface area contributed by atoms with Gasteiger partial charge in [0.05, 0.1) is 0 Å². The first-order chi connectivity index (χ1) is 9.71. The Hall–Kier alpha value is -2.03. The van der Waals surface area contributed by atoms with Gasteiger partial charge in [-0.2, -0.15) is 18.3 Å². The third-order valence-electron chi connectivity index (χ3n) is 2.45. The molecule has 0 spiro atoms. The van der Waals surface area contributed by atoms with Gasteiger partial charge >= 0.3 is 6.18 Å². The molecule has 0 aliphatic rings. The van der Waals surface area contributed by atoms with Crippen LogP contribution >= 0.6 is 11.6 Å². The summed E-state index contributed by atoms with van der Waals surface area (Å²) in [5.41, 5.74) is -2.73. The highest BCUT2D eigenvalue weighted by molar-refractivity contribution is 6.67. The molecule has 112 valence electrons. The molecule has 0 aliphatic heterocycles. The predicted octanol–water partition coefficient (Wildman–Crippen LogP) is 3.60. The zero-order valence-electron chi connectivity index (χ0n) is 9.90. The first-order valence-corrected chi connectivity index (χ1v) is 5.70. The first-order valence-electron chi connectivity index (χ1n) is 5.32. The van der Waals surface area contributed by atoms with E-state index in [1.165, 1.54) is 0 Å². The van der Waals surface area contributed by atoms with E-state index in [1.807, 2.05) is 0 Å². The minimum atomic E-state index is -4.80. The lowest BCUT2D eigenvalue weighted by molar-refractivity contribution is -0.137. The van der Waals surface area contributed by atoms with Crippen LogP contribution in [0.15, 0.2) is 24.4 Å². The molecule has 0 aromatic carbocycles. The van der Waals surface area contributed by atoms with E-state index < -0.39 is 40.6 Å². The van der Waals surface area contributed by atoms with Crippen LogP contribution in [-0.4, -0.2) is 20.0 Å². The standard InChI is InChI=1S/C11H5ClF5N3O/c12-8(21)7-4-6(9(13)14)19-20(7)10-5(11(15,16)17)2-1-3-18-10/h1-4,9H. The normalized spacial score (nSPS) is 12.0. The highest BCUT2D eigenvalue weighted by Gasteiger charge is 2.36. The molecule has 0 saturated carbocycles. The molecule has 2 aromatic rings. The van der Waals surface area contributed by atoms with E-state index in [2.05, 4.69) is 10.1 Å². The fourth-order valence-electron chi connectivity index (χ4n) is 1.59. The van der Waals surface area contributed by atoms with Crippen molar-refractivity contribution in [3.8, 4) is 5.82 Å². The molecular weight excluding hydrogens is 321 g/mol. The summed E-state index contributed by atoms with van der Waals surface area (Å²) in [4.78, 5) is 14.6. The molecule has 10 heteroatoms. The van der Waals surface area contributed by atoms with Crippen LogP contribution in [0.2, 0.25) is 0 Å². The second-order valence-electron chi connectivity index (χ2n) is 3.81. The lowest BCUT2D eigenvalue weighted by atomic mass is 10.2. The number of carbonyl (C=O) groups is 1. The fourth-order valence-corrected chi connectivity index (χ4v) is 1.73. The quantitative estimate of drug-likeness (QED) is 0.640. The van der Waals surface area contributed by atoms with Gasteiger partial charge in [-0.25, -0.2) is 18.4 Å². The molecule has 0 N–H and O–H groups in total. The van der Waals surface area contributed by atoms with E-state index in [4.69, 9.17) is 11.6 Å². The van der Waals surface area contributed by atoms with Crippen LogP contribution in [0, 0.1) is 0 Å². The van der Waals surface area contributed by atoms with Gasteiger partial charge in [0.25, 0.3) is 11.7 Å². The number of hydrogen-bond donors (Lipinski definition) is 0. The SMILES string of the molecule is O=C(Cl)c1cc(C(F)F)nn1-c1ncccc1C(F)(F)F. The van der Waals surface area contributed by atoms with Gasteiger partial charge in [0.1, 0.15) is 17.0 Å². The van der Waals surface area contributed by atoms with Crippen LogP contribution in [0.3, 0.4) is 0 Å². The topological polar surface area (TPSA) is 47.8 Å². The summed E-state index contributed by atoms with van der Waals surface area (Å²) in [7, 11) is 0. The Kier molecular flexibility index (Phi) is 3.95. The second-order valence-corrected chi connectivity index (χ2v) is 4.16. The maximum atomic E-state index is 12.9. The maximum Gasteiger partial charge on any atom is 0.420 e. The average molecular weight is 326 g/mol. The van der Waals surface area contributed by atoms with E-state index >= 15 is 0 Å². The molecule has 0 bridgehead atoms. The van der Waals surface area contributed by atoms with Crippen LogP contribution in [0.25, 0.3) is 5.82 Å². The number of halogens is 6. The average Bonchev–Trinajstić information content (AvgIpc) is 2.83. The lowest BCUT2D eigenvalue weighted by Crippen LogP contribution is -2.15. The van der Waals surface area contributed by atoms with Crippen LogP contribution in [0.1, 0.15) is 28.2 Å². The Balaban J connectivity index is 2.70. The van der Waals surface area contributed by atoms with Crippen molar-refractivity contribution in [2.75, 3.05) is 0 Å². The monoisotopic (exact) mass is 325 g/mol. The summed E-state index contributed by atoms with van der Waals surface area (Å²) in [6.45, 7) is 0. The summed E-state index contributed by atoms with van der Waals surface area (Å²) in [5, 5.41) is 2.05. The van der Waals surface area contributed by atoms with Crippen LogP contribution in [0.4, 0.5) is 22.0 Å². The third kappa shape index (κ3) is 3.02. The zero-order valence-corrected chi connectivity index (χ0v) is 10.7.